The lowest BCUT2D eigenvalue weighted by molar-refractivity contribution is 0.296. The molecule has 0 aliphatic carbocycles. The number of thiocarbonyl (C=S) groups is 1. The molecule has 0 bridgehead atoms. The van der Waals surface area contributed by atoms with Crippen molar-refractivity contribution in [1.82, 2.24) is 0 Å². The van der Waals surface area contributed by atoms with Crippen LogP contribution in [0.4, 0.5) is 0 Å². The van der Waals surface area contributed by atoms with E-state index in [1.807, 2.05) is 49.4 Å². The van der Waals surface area contributed by atoms with Gasteiger partial charge in [0.1, 0.15) is 23.1 Å². The van der Waals surface area contributed by atoms with Gasteiger partial charge in [-0.2, -0.15) is 0 Å². The standard InChI is InChI=1S/C16H17NO2S/c1-11-7-8-14(18-2)12(9-11)10-19-15-6-4-3-5-13(15)16(17)20/h3-9H,10H2,1-2H3,(H2,17,20). The predicted octanol–water partition coefficient (Wildman–Crippen LogP) is 3.22. The summed E-state index contributed by atoms with van der Waals surface area (Å²) in [5.41, 5.74) is 8.59. The number of methoxy groups -OCH3 is 1. The summed E-state index contributed by atoms with van der Waals surface area (Å²) in [6, 6.07) is 13.5. The second kappa shape index (κ2) is 6.39. The summed E-state index contributed by atoms with van der Waals surface area (Å²) >= 11 is 5.02. The van der Waals surface area contributed by atoms with Crippen molar-refractivity contribution in [2.75, 3.05) is 7.11 Å². The molecule has 0 saturated heterocycles. The Balaban J connectivity index is 2.21. The number of hydrogen-bond acceptors (Lipinski definition) is 3. The van der Waals surface area contributed by atoms with Gasteiger partial charge in [0.25, 0.3) is 0 Å². The first kappa shape index (κ1) is 14.3. The molecular weight excluding hydrogens is 270 g/mol. The zero-order valence-corrected chi connectivity index (χ0v) is 12.4. The summed E-state index contributed by atoms with van der Waals surface area (Å²) in [5.74, 6) is 1.49. The third-order valence-electron chi connectivity index (χ3n) is 2.97. The van der Waals surface area contributed by atoms with Gasteiger partial charge in [-0.1, -0.05) is 36.0 Å². The third kappa shape index (κ3) is 3.27. The second-order valence-corrected chi connectivity index (χ2v) is 4.90. The van der Waals surface area contributed by atoms with E-state index in [2.05, 4.69) is 0 Å². The normalized spacial score (nSPS) is 10.1. The Bertz CT molecular complexity index is 626. The lowest BCUT2D eigenvalue weighted by Crippen LogP contribution is -2.11. The fourth-order valence-electron chi connectivity index (χ4n) is 1.97. The number of hydrogen-bond donors (Lipinski definition) is 1. The molecule has 0 aromatic heterocycles. The third-order valence-corrected chi connectivity index (χ3v) is 3.19. The van der Waals surface area contributed by atoms with Gasteiger partial charge in [-0.05, 0) is 31.2 Å². The van der Waals surface area contributed by atoms with E-state index in [0.717, 1.165) is 22.4 Å². The highest BCUT2D eigenvalue weighted by Crippen LogP contribution is 2.24. The molecule has 0 radical (unpaired) electrons. The van der Waals surface area contributed by atoms with Crippen molar-refractivity contribution in [3.8, 4) is 11.5 Å². The lowest BCUT2D eigenvalue weighted by atomic mass is 10.1. The average Bonchev–Trinajstić information content (AvgIpc) is 2.45. The Morgan fingerprint density at radius 2 is 1.90 bits per heavy atom. The maximum Gasteiger partial charge on any atom is 0.129 e. The van der Waals surface area contributed by atoms with E-state index in [1.54, 1.807) is 7.11 Å². The van der Waals surface area contributed by atoms with Gasteiger partial charge in [-0.15, -0.1) is 0 Å². The van der Waals surface area contributed by atoms with Gasteiger partial charge >= 0.3 is 0 Å². The SMILES string of the molecule is COc1ccc(C)cc1COc1ccccc1C(N)=S. The molecule has 2 rings (SSSR count). The van der Waals surface area contributed by atoms with Crippen LogP contribution in [0.25, 0.3) is 0 Å². The number of rotatable bonds is 5. The average molecular weight is 287 g/mol. The summed E-state index contributed by atoms with van der Waals surface area (Å²) in [4.78, 5) is 0.330. The van der Waals surface area contributed by atoms with Crippen LogP contribution in [0.3, 0.4) is 0 Å². The van der Waals surface area contributed by atoms with Crippen molar-refractivity contribution in [1.29, 1.82) is 0 Å². The zero-order valence-electron chi connectivity index (χ0n) is 11.6. The van der Waals surface area contributed by atoms with Crippen LogP contribution in [0.1, 0.15) is 16.7 Å². The maximum atomic E-state index is 5.83. The fourth-order valence-corrected chi connectivity index (χ4v) is 2.14. The summed E-state index contributed by atoms with van der Waals surface area (Å²) in [7, 11) is 1.65. The van der Waals surface area contributed by atoms with Crippen molar-refractivity contribution < 1.29 is 9.47 Å². The van der Waals surface area contributed by atoms with E-state index in [4.69, 9.17) is 27.4 Å². The Hall–Kier alpha value is -2.07. The van der Waals surface area contributed by atoms with Crippen molar-refractivity contribution >= 4 is 17.2 Å². The van der Waals surface area contributed by atoms with E-state index in [0.29, 0.717) is 17.3 Å². The molecule has 0 unspecified atom stereocenters. The molecule has 104 valence electrons. The zero-order chi connectivity index (χ0) is 14.5. The van der Waals surface area contributed by atoms with Gasteiger partial charge in [0.2, 0.25) is 0 Å². The molecule has 0 saturated carbocycles. The molecule has 0 amide bonds. The fraction of sp³-hybridized carbons (Fsp3) is 0.188. The van der Waals surface area contributed by atoms with Gasteiger partial charge in [0.15, 0.2) is 0 Å². The Morgan fingerprint density at radius 3 is 2.60 bits per heavy atom. The van der Waals surface area contributed by atoms with Gasteiger partial charge in [0.05, 0.1) is 12.7 Å². The molecule has 20 heavy (non-hydrogen) atoms. The molecular formula is C16H17NO2S. The van der Waals surface area contributed by atoms with E-state index in [-0.39, 0.29) is 0 Å². The molecule has 2 aromatic rings. The quantitative estimate of drug-likeness (QED) is 0.858. The minimum atomic E-state index is 0.330. The Kier molecular flexibility index (Phi) is 4.58. The molecule has 0 atom stereocenters. The van der Waals surface area contributed by atoms with Crippen LogP contribution in [-0.4, -0.2) is 12.1 Å². The minimum Gasteiger partial charge on any atom is -0.496 e. The summed E-state index contributed by atoms with van der Waals surface area (Å²) in [6.45, 7) is 2.44. The number of benzene rings is 2. The van der Waals surface area contributed by atoms with E-state index < -0.39 is 0 Å². The van der Waals surface area contributed by atoms with E-state index >= 15 is 0 Å². The maximum absolute atomic E-state index is 5.83. The first-order chi connectivity index (χ1) is 9.61. The highest BCUT2D eigenvalue weighted by molar-refractivity contribution is 7.80. The van der Waals surface area contributed by atoms with Crippen LogP contribution in [-0.2, 0) is 6.61 Å². The number of para-hydroxylation sites is 1. The number of nitrogens with two attached hydrogens (primary N) is 1. The minimum absolute atomic E-state index is 0.330. The first-order valence-electron chi connectivity index (χ1n) is 6.27. The topological polar surface area (TPSA) is 44.5 Å². The van der Waals surface area contributed by atoms with Crippen molar-refractivity contribution in [3.05, 3.63) is 59.2 Å². The molecule has 0 heterocycles. The molecule has 2 N–H and O–H groups in total. The largest absolute Gasteiger partial charge is 0.496 e. The highest BCUT2D eigenvalue weighted by atomic mass is 32.1. The smallest absolute Gasteiger partial charge is 0.129 e. The van der Waals surface area contributed by atoms with E-state index in [9.17, 15) is 0 Å². The number of ether oxygens (including phenoxy) is 2. The molecule has 0 spiro atoms. The first-order valence-corrected chi connectivity index (χ1v) is 6.68. The summed E-state index contributed by atoms with van der Waals surface area (Å²) < 4.78 is 11.2. The van der Waals surface area contributed by atoms with E-state index in [1.165, 1.54) is 0 Å². The molecule has 2 aromatic carbocycles. The van der Waals surface area contributed by atoms with Gasteiger partial charge in [-0.3, -0.25) is 0 Å². The lowest BCUT2D eigenvalue weighted by Gasteiger charge is -2.13. The van der Waals surface area contributed by atoms with Gasteiger partial charge in [0, 0.05) is 5.56 Å². The predicted molar refractivity (Wildman–Crippen MR) is 84.4 cm³/mol. The molecule has 3 nitrogen and oxygen atoms in total. The Labute approximate surface area is 124 Å². The molecule has 0 aliphatic rings. The second-order valence-electron chi connectivity index (χ2n) is 4.46. The summed E-state index contributed by atoms with van der Waals surface area (Å²) in [5, 5.41) is 0. The molecule has 0 aliphatic heterocycles. The molecule has 4 heteroatoms. The monoisotopic (exact) mass is 287 g/mol. The van der Waals surface area contributed by atoms with Crippen LogP contribution < -0.4 is 15.2 Å². The molecule has 0 fully saturated rings. The number of aryl methyl sites for hydroxylation is 1. The van der Waals surface area contributed by atoms with Crippen LogP contribution in [0.5, 0.6) is 11.5 Å². The van der Waals surface area contributed by atoms with Crippen LogP contribution >= 0.6 is 12.2 Å². The van der Waals surface area contributed by atoms with Gasteiger partial charge < -0.3 is 15.2 Å². The van der Waals surface area contributed by atoms with Crippen LogP contribution in [0.2, 0.25) is 0 Å². The van der Waals surface area contributed by atoms with Gasteiger partial charge in [-0.25, -0.2) is 0 Å². The van der Waals surface area contributed by atoms with Crippen LogP contribution in [0, 0.1) is 6.92 Å². The summed E-state index contributed by atoms with van der Waals surface area (Å²) in [6.07, 6.45) is 0. The Morgan fingerprint density at radius 1 is 1.15 bits per heavy atom. The van der Waals surface area contributed by atoms with Crippen molar-refractivity contribution in [2.45, 2.75) is 13.5 Å². The highest BCUT2D eigenvalue weighted by Gasteiger charge is 2.08. The van der Waals surface area contributed by atoms with Crippen molar-refractivity contribution in [3.63, 3.8) is 0 Å². The van der Waals surface area contributed by atoms with Crippen LogP contribution in [0.15, 0.2) is 42.5 Å². The van der Waals surface area contributed by atoms with Crippen molar-refractivity contribution in [2.24, 2.45) is 5.73 Å².